The number of aromatic amines is 1. The highest BCUT2D eigenvalue weighted by molar-refractivity contribution is 14.1. The van der Waals surface area contributed by atoms with E-state index in [-0.39, 0.29) is 12.5 Å². The molecule has 0 bridgehead atoms. The third-order valence-corrected chi connectivity index (χ3v) is 7.67. The van der Waals surface area contributed by atoms with Gasteiger partial charge in [0.25, 0.3) is 0 Å². The Morgan fingerprint density at radius 3 is 1.85 bits per heavy atom. The molecule has 0 unspecified atom stereocenters. The number of carbonyl (C=O) groups excluding carboxylic acids is 1. The van der Waals surface area contributed by atoms with Crippen molar-refractivity contribution in [3.8, 4) is 12.1 Å². The summed E-state index contributed by atoms with van der Waals surface area (Å²) in [6.45, 7) is 0.500. The average Bonchev–Trinajstić information content (AvgIpc) is 3.71. The van der Waals surface area contributed by atoms with Crippen LogP contribution in [0.2, 0.25) is 0 Å². The molecule has 14 heteroatoms. The van der Waals surface area contributed by atoms with Crippen LogP contribution in [0.3, 0.4) is 0 Å². The molecule has 0 atom stereocenters. The van der Waals surface area contributed by atoms with Crippen molar-refractivity contribution in [2.45, 2.75) is 13.1 Å². The third kappa shape index (κ3) is 8.84. The van der Waals surface area contributed by atoms with Gasteiger partial charge in [0.1, 0.15) is 30.0 Å². The summed E-state index contributed by atoms with van der Waals surface area (Å²) in [4.78, 5) is 26.3. The molecule has 0 radical (unpaired) electrons. The molecule has 0 fully saturated rings. The molecule has 0 aliphatic carbocycles. The van der Waals surface area contributed by atoms with Crippen molar-refractivity contribution in [1.29, 1.82) is 10.5 Å². The Morgan fingerprint density at radius 1 is 0.829 bits per heavy atom. The molecule has 10 nitrogen and oxygen atoms in total. The molecule has 0 saturated heterocycles. The number of fused-ring (bicyclic) bond motifs is 3. The van der Waals surface area contributed by atoms with E-state index in [0.717, 1.165) is 46.5 Å². The van der Waals surface area contributed by atoms with E-state index < -0.39 is 0 Å². The second-order valence-electron chi connectivity index (χ2n) is 7.90. The summed E-state index contributed by atoms with van der Waals surface area (Å²) in [5, 5.41) is 19.3. The number of pyridine rings is 3. The van der Waals surface area contributed by atoms with Gasteiger partial charge in [-0.05, 0) is 84.2 Å². The second-order valence-corrected chi connectivity index (χ2v) is 11.2. The number of rotatable bonds is 3. The third-order valence-electron chi connectivity index (χ3n) is 5.25. The van der Waals surface area contributed by atoms with Crippen LogP contribution in [0, 0.1) is 22.7 Å². The van der Waals surface area contributed by atoms with Crippen LogP contribution in [0.4, 0.5) is 0 Å². The van der Waals surface area contributed by atoms with Gasteiger partial charge < -0.3 is 19.9 Å². The fourth-order valence-electron chi connectivity index (χ4n) is 3.54. The molecule has 208 valence electrons. The smallest absolute Gasteiger partial charge is 0.237 e. The molecule has 6 aromatic rings. The molecule has 3 N–H and O–H groups in total. The Balaban J connectivity index is 0.000000160. The zero-order valence-electron chi connectivity index (χ0n) is 21.2. The number of hydrogen-bond donors (Lipinski definition) is 2. The van der Waals surface area contributed by atoms with Crippen LogP contribution in [0.5, 0.6) is 0 Å². The maximum Gasteiger partial charge on any atom is 0.237 e. The first kappa shape index (κ1) is 32.2. The summed E-state index contributed by atoms with van der Waals surface area (Å²) in [7, 11) is 0. The van der Waals surface area contributed by atoms with Gasteiger partial charge in [-0.15, -0.1) is 0 Å². The highest BCUT2D eigenvalue weighted by Gasteiger charge is 2.06. The number of nitrogens with one attached hydrogen (secondary N) is 1. The van der Waals surface area contributed by atoms with E-state index >= 15 is 0 Å². The highest BCUT2D eigenvalue weighted by atomic mass is 127. The van der Waals surface area contributed by atoms with Crippen LogP contribution in [-0.2, 0) is 17.9 Å². The van der Waals surface area contributed by atoms with E-state index in [4.69, 9.17) is 16.3 Å². The zero-order chi connectivity index (χ0) is 29.8. The Morgan fingerprint density at radius 2 is 1.34 bits per heavy atom. The van der Waals surface area contributed by atoms with Crippen molar-refractivity contribution in [2.75, 3.05) is 4.43 Å². The van der Waals surface area contributed by atoms with Crippen molar-refractivity contribution in [3.63, 3.8) is 0 Å². The molecule has 0 saturated carbocycles. The number of H-pyrrole nitrogens is 1. The summed E-state index contributed by atoms with van der Waals surface area (Å²) in [6.07, 6.45) is 10.7. The van der Waals surface area contributed by atoms with Crippen LogP contribution in [-0.4, -0.2) is 39.4 Å². The van der Waals surface area contributed by atoms with E-state index in [1.165, 1.54) is 0 Å². The van der Waals surface area contributed by atoms with Crippen LogP contribution in [0.1, 0.15) is 0 Å². The van der Waals surface area contributed by atoms with Gasteiger partial charge in [-0.1, -0.05) is 22.6 Å². The number of nitrogens with zero attached hydrogens (tertiary/aromatic N) is 7. The minimum atomic E-state index is -0.371. The van der Waals surface area contributed by atoms with Crippen molar-refractivity contribution in [3.05, 3.63) is 87.0 Å². The van der Waals surface area contributed by atoms with Gasteiger partial charge >= 0.3 is 0 Å². The summed E-state index contributed by atoms with van der Waals surface area (Å²) < 4.78 is 7.19. The van der Waals surface area contributed by atoms with Gasteiger partial charge in [-0.3, -0.25) is 4.79 Å². The Hall–Kier alpha value is -3.31. The Kier molecular flexibility index (Phi) is 12.7. The number of halogens is 4. The largest absolute Gasteiger partial charge is 0.368 e. The maximum atomic E-state index is 10.8. The van der Waals surface area contributed by atoms with Crippen LogP contribution < -0.4 is 5.73 Å². The fourth-order valence-corrected chi connectivity index (χ4v) is 4.84. The summed E-state index contributed by atoms with van der Waals surface area (Å²) >= 11 is 12.2. The Labute approximate surface area is 274 Å². The number of nitriles is 2. The monoisotopic (exact) mass is 851 g/mol. The molecular weight excluding hydrogens is 833 g/mol. The molecule has 6 aromatic heterocycles. The molecule has 0 aliphatic rings. The summed E-state index contributed by atoms with van der Waals surface area (Å²) in [5.74, 6) is -0.371. The normalized spacial score (nSPS) is 9.90. The minimum absolute atomic E-state index is 0.160. The van der Waals surface area contributed by atoms with Gasteiger partial charge in [0.15, 0.2) is 0 Å². The minimum Gasteiger partial charge on any atom is -0.368 e. The van der Waals surface area contributed by atoms with E-state index in [1.807, 2.05) is 82.0 Å². The SMILES string of the molecule is Brc1ccnc2[nH]ccc12.N#CCI.N#CCn1ccc2c(Br)ccnc21.NC(=O)Cn1ccc2c(Br)ccnc21. The second kappa shape index (κ2) is 16.2. The van der Waals surface area contributed by atoms with Crippen molar-refractivity contribution < 1.29 is 4.79 Å². The molecule has 0 aliphatic heterocycles. The van der Waals surface area contributed by atoms with E-state index in [9.17, 15) is 4.79 Å². The molecule has 6 heterocycles. The summed E-state index contributed by atoms with van der Waals surface area (Å²) in [5.41, 5.74) is 7.64. The molecule has 6 rings (SSSR count). The molecule has 41 heavy (non-hydrogen) atoms. The number of alkyl halides is 1. The van der Waals surface area contributed by atoms with E-state index in [2.05, 4.69) is 73.8 Å². The predicted octanol–water partition coefficient (Wildman–Crippen LogP) is 6.88. The first-order chi connectivity index (χ1) is 19.8. The van der Waals surface area contributed by atoms with E-state index in [0.29, 0.717) is 11.0 Å². The predicted molar refractivity (Wildman–Crippen MR) is 178 cm³/mol. The first-order valence-electron chi connectivity index (χ1n) is 11.6. The molecule has 0 aromatic carbocycles. The van der Waals surface area contributed by atoms with Gasteiger partial charge in [-0.2, -0.15) is 10.5 Å². The fraction of sp³-hybridized carbons (Fsp3) is 0.111. The number of nitrogens with two attached hydrogens (primary N) is 1. The van der Waals surface area contributed by atoms with Gasteiger partial charge in [0.05, 0.1) is 16.6 Å². The Bertz CT molecular complexity index is 1850. The van der Waals surface area contributed by atoms with Crippen molar-refractivity contribution in [1.82, 2.24) is 29.1 Å². The van der Waals surface area contributed by atoms with Crippen molar-refractivity contribution >= 4 is 109 Å². The van der Waals surface area contributed by atoms with Crippen LogP contribution in [0.25, 0.3) is 33.1 Å². The highest BCUT2D eigenvalue weighted by Crippen LogP contribution is 2.23. The van der Waals surface area contributed by atoms with Gasteiger partial charge in [-0.25, -0.2) is 15.0 Å². The van der Waals surface area contributed by atoms with Gasteiger partial charge in [0, 0.05) is 66.8 Å². The molecular formula is C27H21Br3IN9O. The lowest BCUT2D eigenvalue weighted by Crippen LogP contribution is -2.18. The summed E-state index contributed by atoms with van der Waals surface area (Å²) in [6, 6.07) is 15.5. The topological polar surface area (TPSA) is 155 Å². The van der Waals surface area contributed by atoms with Gasteiger partial charge in [0.2, 0.25) is 5.91 Å². The molecule has 1 amide bonds. The quantitative estimate of drug-likeness (QED) is 0.146. The first-order valence-corrected chi connectivity index (χ1v) is 15.6. The number of aromatic nitrogens is 6. The lowest BCUT2D eigenvalue weighted by atomic mass is 10.3. The van der Waals surface area contributed by atoms with Crippen LogP contribution in [0.15, 0.2) is 87.0 Å². The number of amides is 1. The standard InChI is InChI=1S/C9H8BrN3O.C9H6BrN3.C7H5BrN2.C2H2IN/c10-7-1-3-12-9-6(7)2-4-13(9)5-8(11)14;10-8-1-4-12-9-7(8)2-5-13(9)6-3-11;8-6-2-4-10-7-5(6)1-3-9-7;3-1-2-4/h1-4H,5H2,(H2,11,14);1-2,4-5H,6H2;1-4H,(H,9,10);1H2. The zero-order valence-corrected chi connectivity index (χ0v) is 28.1. The number of hydrogen-bond acceptors (Lipinski definition) is 6. The maximum absolute atomic E-state index is 10.8. The number of carbonyl (C=O) groups is 1. The molecule has 0 spiro atoms. The van der Waals surface area contributed by atoms with E-state index in [1.54, 1.807) is 29.4 Å². The lowest BCUT2D eigenvalue weighted by molar-refractivity contribution is -0.118. The number of primary amides is 1. The van der Waals surface area contributed by atoms with Crippen molar-refractivity contribution in [2.24, 2.45) is 5.73 Å². The van der Waals surface area contributed by atoms with Crippen LogP contribution >= 0.6 is 70.4 Å². The lowest BCUT2D eigenvalue weighted by Gasteiger charge is -2.00. The average molecular weight is 854 g/mol.